The second-order valence-corrected chi connectivity index (χ2v) is 5.01. The zero-order chi connectivity index (χ0) is 16.8. The largest absolute Gasteiger partial charge is 0.497 e. The van der Waals surface area contributed by atoms with Crippen LogP contribution in [0.15, 0.2) is 42.5 Å². The molecule has 0 aliphatic carbocycles. The van der Waals surface area contributed by atoms with Gasteiger partial charge < -0.3 is 14.8 Å². The van der Waals surface area contributed by atoms with Crippen molar-refractivity contribution in [3.05, 3.63) is 58.6 Å². The Morgan fingerprint density at radius 2 is 1.96 bits per heavy atom. The number of rotatable bonds is 5. The molecule has 0 aliphatic heterocycles. The van der Waals surface area contributed by atoms with Gasteiger partial charge in [0.25, 0.3) is 5.91 Å². The lowest BCUT2D eigenvalue weighted by molar-refractivity contribution is 0.0526. The van der Waals surface area contributed by atoms with Crippen molar-refractivity contribution in [1.82, 2.24) is 0 Å². The number of methoxy groups -OCH3 is 1. The van der Waals surface area contributed by atoms with E-state index in [0.29, 0.717) is 17.0 Å². The standard InChI is InChI=1S/C17H16ClNO4/c1-3-23-17(21)14-10-12(7-8-15(14)18)19-16(20)11-5-4-6-13(9-11)22-2/h4-10H,3H2,1-2H3,(H,19,20). The topological polar surface area (TPSA) is 64.6 Å². The number of anilines is 1. The Morgan fingerprint density at radius 3 is 2.65 bits per heavy atom. The average Bonchev–Trinajstić information content (AvgIpc) is 2.56. The van der Waals surface area contributed by atoms with Crippen molar-refractivity contribution in [3.63, 3.8) is 0 Å². The first-order valence-corrected chi connectivity index (χ1v) is 7.35. The van der Waals surface area contributed by atoms with Gasteiger partial charge in [0, 0.05) is 11.3 Å². The summed E-state index contributed by atoms with van der Waals surface area (Å²) >= 11 is 5.99. The third-order valence-electron chi connectivity index (χ3n) is 3.05. The van der Waals surface area contributed by atoms with Crippen LogP contribution in [0.1, 0.15) is 27.6 Å². The molecule has 0 saturated carbocycles. The summed E-state index contributed by atoms with van der Waals surface area (Å²) in [5, 5.41) is 2.98. The smallest absolute Gasteiger partial charge is 0.339 e. The van der Waals surface area contributed by atoms with Gasteiger partial charge in [0.2, 0.25) is 0 Å². The number of esters is 1. The minimum Gasteiger partial charge on any atom is -0.497 e. The molecule has 0 aromatic heterocycles. The van der Waals surface area contributed by atoms with Crippen LogP contribution >= 0.6 is 11.6 Å². The van der Waals surface area contributed by atoms with Crippen molar-refractivity contribution < 1.29 is 19.1 Å². The molecular formula is C17H16ClNO4. The van der Waals surface area contributed by atoms with Crippen LogP contribution in [-0.4, -0.2) is 25.6 Å². The van der Waals surface area contributed by atoms with Crippen molar-refractivity contribution in [3.8, 4) is 5.75 Å². The average molecular weight is 334 g/mol. The minimum atomic E-state index is -0.532. The highest BCUT2D eigenvalue weighted by atomic mass is 35.5. The predicted molar refractivity (Wildman–Crippen MR) is 88.4 cm³/mol. The molecule has 0 atom stereocenters. The second kappa shape index (κ2) is 7.65. The van der Waals surface area contributed by atoms with Gasteiger partial charge in [0.15, 0.2) is 0 Å². The molecule has 2 aromatic carbocycles. The van der Waals surface area contributed by atoms with Gasteiger partial charge in [-0.15, -0.1) is 0 Å². The first-order chi connectivity index (χ1) is 11.0. The highest BCUT2D eigenvalue weighted by Gasteiger charge is 2.14. The number of carbonyl (C=O) groups excluding carboxylic acids is 2. The Bertz CT molecular complexity index is 730. The fourth-order valence-corrected chi connectivity index (χ4v) is 2.13. The van der Waals surface area contributed by atoms with E-state index in [1.165, 1.54) is 19.2 Å². The van der Waals surface area contributed by atoms with E-state index < -0.39 is 5.97 Å². The van der Waals surface area contributed by atoms with Gasteiger partial charge in [-0.2, -0.15) is 0 Å². The fourth-order valence-electron chi connectivity index (χ4n) is 1.94. The zero-order valence-electron chi connectivity index (χ0n) is 12.8. The Hall–Kier alpha value is -2.53. The summed E-state index contributed by atoms with van der Waals surface area (Å²) in [6.45, 7) is 1.95. The molecule has 0 aliphatic rings. The first-order valence-electron chi connectivity index (χ1n) is 6.97. The van der Waals surface area contributed by atoms with E-state index in [2.05, 4.69) is 5.32 Å². The first kappa shape index (κ1) is 16.8. The Morgan fingerprint density at radius 1 is 1.17 bits per heavy atom. The number of hydrogen-bond donors (Lipinski definition) is 1. The van der Waals surface area contributed by atoms with Crippen LogP contribution in [0.2, 0.25) is 5.02 Å². The van der Waals surface area contributed by atoms with Crippen molar-refractivity contribution in [2.45, 2.75) is 6.92 Å². The van der Waals surface area contributed by atoms with E-state index in [1.807, 2.05) is 0 Å². The van der Waals surface area contributed by atoms with Gasteiger partial charge >= 0.3 is 5.97 Å². The van der Waals surface area contributed by atoms with Crippen LogP contribution < -0.4 is 10.1 Å². The predicted octanol–water partition coefficient (Wildman–Crippen LogP) is 3.78. The summed E-state index contributed by atoms with van der Waals surface area (Å²) in [7, 11) is 1.53. The molecule has 6 heteroatoms. The molecule has 0 spiro atoms. The summed E-state index contributed by atoms with van der Waals surface area (Å²) < 4.78 is 10.0. The van der Waals surface area contributed by atoms with Gasteiger partial charge in [-0.05, 0) is 43.3 Å². The van der Waals surface area contributed by atoms with Crippen molar-refractivity contribution >= 4 is 29.2 Å². The molecule has 0 unspecified atom stereocenters. The molecule has 0 heterocycles. The molecule has 1 N–H and O–H groups in total. The molecule has 120 valence electrons. The van der Waals surface area contributed by atoms with Crippen molar-refractivity contribution in [2.24, 2.45) is 0 Å². The molecule has 5 nitrogen and oxygen atoms in total. The SMILES string of the molecule is CCOC(=O)c1cc(NC(=O)c2cccc(OC)c2)ccc1Cl. The Kier molecular flexibility index (Phi) is 5.60. The van der Waals surface area contributed by atoms with E-state index in [1.54, 1.807) is 37.3 Å². The van der Waals surface area contributed by atoms with Crippen LogP contribution in [0.4, 0.5) is 5.69 Å². The molecule has 1 amide bonds. The lowest BCUT2D eigenvalue weighted by Crippen LogP contribution is -2.13. The quantitative estimate of drug-likeness (QED) is 0.846. The van der Waals surface area contributed by atoms with E-state index >= 15 is 0 Å². The van der Waals surface area contributed by atoms with E-state index in [0.717, 1.165) is 0 Å². The van der Waals surface area contributed by atoms with Gasteiger partial charge in [0.05, 0.1) is 24.3 Å². The molecule has 2 rings (SSSR count). The van der Waals surface area contributed by atoms with Crippen molar-refractivity contribution in [2.75, 3.05) is 19.0 Å². The third-order valence-corrected chi connectivity index (χ3v) is 3.38. The van der Waals surface area contributed by atoms with Gasteiger partial charge in [-0.1, -0.05) is 17.7 Å². The van der Waals surface area contributed by atoms with Crippen LogP contribution in [-0.2, 0) is 4.74 Å². The van der Waals surface area contributed by atoms with Crippen LogP contribution in [0.3, 0.4) is 0 Å². The van der Waals surface area contributed by atoms with Crippen LogP contribution in [0, 0.1) is 0 Å². The lowest BCUT2D eigenvalue weighted by atomic mass is 10.1. The minimum absolute atomic E-state index is 0.206. The van der Waals surface area contributed by atoms with Crippen molar-refractivity contribution in [1.29, 1.82) is 0 Å². The van der Waals surface area contributed by atoms with E-state index in [4.69, 9.17) is 21.1 Å². The lowest BCUT2D eigenvalue weighted by Gasteiger charge is -2.09. The molecule has 0 saturated heterocycles. The molecule has 23 heavy (non-hydrogen) atoms. The summed E-state index contributed by atoms with van der Waals surface area (Å²) in [5.74, 6) is -0.267. The summed E-state index contributed by atoms with van der Waals surface area (Å²) in [6, 6.07) is 11.4. The maximum atomic E-state index is 12.3. The van der Waals surface area contributed by atoms with Gasteiger partial charge in [-0.3, -0.25) is 4.79 Å². The number of carbonyl (C=O) groups is 2. The number of halogens is 1. The number of nitrogens with one attached hydrogen (secondary N) is 1. The second-order valence-electron chi connectivity index (χ2n) is 4.60. The monoisotopic (exact) mass is 333 g/mol. The van der Waals surface area contributed by atoms with Crippen LogP contribution in [0.5, 0.6) is 5.75 Å². The Balaban J connectivity index is 2.20. The number of ether oxygens (including phenoxy) is 2. The number of benzene rings is 2. The number of hydrogen-bond acceptors (Lipinski definition) is 4. The van der Waals surface area contributed by atoms with E-state index in [9.17, 15) is 9.59 Å². The highest BCUT2D eigenvalue weighted by Crippen LogP contribution is 2.22. The van der Waals surface area contributed by atoms with E-state index in [-0.39, 0.29) is 23.1 Å². The summed E-state index contributed by atoms with van der Waals surface area (Å²) in [4.78, 5) is 24.1. The van der Waals surface area contributed by atoms with Gasteiger partial charge in [0.1, 0.15) is 5.75 Å². The number of amides is 1. The zero-order valence-corrected chi connectivity index (χ0v) is 13.5. The normalized spacial score (nSPS) is 10.0. The molecule has 0 fully saturated rings. The van der Waals surface area contributed by atoms with Crippen LogP contribution in [0.25, 0.3) is 0 Å². The van der Waals surface area contributed by atoms with Gasteiger partial charge in [-0.25, -0.2) is 4.79 Å². The molecule has 2 aromatic rings. The molecule has 0 bridgehead atoms. The summed E-state index contributed by atoms with van der Waals surface area (Å²) in [6.07, 6.45) is 0. The fraction of sp³-hybridized carbons (Fsp3) is 0.176. The maximum absolute atomic E-state index is 12.3. The third kappa shape index (κ3) is 4.23. The molecule has 0 radical (unpaired) electrons. The Labute approximate surface area is 139 Å². The maximum Gasteiger partial charge on any atom is 0.339 e. The molecular weight excluding hydrogens is 318 g/mol. The highest BCUT2D eigenvalue weighted by molar-refractivity contribution is 6.33. The summed E-state index contributed by atoms with van der Waals surface area (Å²) in [5.41, 5.74) is 1.10.